The number of benzene rings is 1. The lowest BCUT2D eigenvalue weighted by atomic mass is 10.1. The van der Waals surface area contributed by atoms with Crippen molar-refractivity contribution in [2.24, 2.45) is 5.92 Å². The van der Waals surface area contributed by atoms with Gasteiger partial charge < -0.3 is 23.9 Å². The lowest BCUT2D eigenvalue weighted by Gasteiger charge is -2.13. The van der Waals surface area contributed by atoms with E-state index >= 15 is 0 Å². The van der Waals surface area contributed by atoms with Crippen LogP contribution in [-0.2, 0) is 4.74 Å². The molecule has 0 radical (unpaired) electrons. The van der Waals surface area contributed by atoms with Gasteiger partial charge in [0.2, 0.25) is 6.79 Å². The van der Waals surface area contributed by atoms with Gasteiger partial charge in [-0.1, -0.05) is 0 Å². The van der Waals surface area contributed by atoms with E-state index in [4.69, 9.17) is 18.9 Å². The number of fused-ring (bicyclic) bond motifs is 2. The SMILES string of the molecule is CCOC(=O)c1c[nH]c2c(-c3c(OCC4CC4)ccc4c3OCO4)ncnc12. The number of aromatic nitrogens is 3. The van der Waals surface area contributed by atoms with E-state index in [1.54, 1.807) is 13.1 Å². The maximum Gasteiger partial charge on any atom is 0.341 e. The van der Waals surface area contributed by atoms with E-state index in [-0.39, 0.29) is 6.79 Å². The number of aromatic amines is 1. The summed E-state index contributed by atoms with van der Waals surface area (Å²) in [5.74, 6) is 2.06. The van der Waals surface area contributed by atoms with Crippen molar-refractivity contribution >= 4 is 17.0 Å². The van der Waals surface area contributed by atoms with Crippen molar-refractivity contribution < 1.29 is 23.7 Å². The van der Waals surface area contributed by atoms with Crippen molar-refractivity contribution in [3.63, 3.8) is 0 Å². The van der Waals surface area contributed by atoms with Crippen molar-refractivity contribution in [2.45, 2.75) is 19.8 Å². The molecule has 28 heavy (non-hydrogen) atoms. The van der Waals surface area contributed by atoms with Crippen LogP contribution < -0.4 is 14.2 Å². The summed E-state index contributed by atoms with van der Waals surface area (Å²) in [4.78, 5) is 24.1. The molecule has 0 amide bonds. The maximum atomic E-state index is 12.2. The van der Waals surface area contributed by atoms with Crippen LogP contribution in [-0.4, -0.2) is 40.9 Å². The number of hydrogen-bond donors (Lipinski definition) is 1. The molecular formula is C20H19N3O5. The second-order valence-corrected chi connectivity index (χ2v) is 6.80. The molecule has 1 aromatic carbocycles. The molecule has 1 aliphatic heterocycles. The van der Waals surface area contributed by atoms with Gasteiger partial charge in [0.15, 0.2) is 11.5 Å². The lowest BCUT2D eigenvalue weighted by molar-refractivity contribution is 0.0528. The standard InChI is InChI=1S/C20H19N3O5/c1-2-25-20(24)12-7-21-18-16(12)22-9-23-17(18)15-13(26-8-11-3-4-11)5-6-14-19(15)28-10-27-14/h5-7,9,11,21H,2-4,8,10H2,1H3. The van der Waals surface area contributed by atoms with Gasteiger partial charge in [0, 0.05) is 6.20 Å². The van der Waals surface area contributed by atoms with Crippen molar-refractivity contribution in [1.82, 2.24) is 15.0 Å². The van der Waals surface area contributed by atoms with E-state index in [0.717, 1.165) is 0 Å². The third-order valence-electron chi connectivity index (χ3n) is 4.87. The Balaban J connectivity index is 1.65. The van der Waals surface area contributed by atoms with Gasteiger partial charge in [0.1, 0.15) is 28.9 Å². The van der Waals surface area contributed by atoms with E-state index in [1.165, 1.54) is 19.2 Å². The summed E-state index contributed by atoms with van der Waals surface area (Å²) in [6.45, 7) is 2.85. The molecule has 1 fully saturated rings. The van der Waals surface area contributed by atoms with Gasteiger partial charge >= 0.3 is 5.97 Å². The summed E-state index contributed by atoms with van der Waals surface area (Å²) in [5, 5.41) is 0. The summed E-state index contributed by atoms with van der Waals surface area (Å²) in [6.07, 6.45) is 5.40. The van der Waals surface area contributed by atoms with E-state index in [2.05, 4.69) is 15.0 Å². The second kappa shape index (κ2) is 6.70. The van der Waals surface area contributed by atoms with Crippen LogP contribution in [0.3, 0.4) is 0 Å². The minimum atomic E-state index is -0.429. The number of ether oxygens (including phenoxy) is 4. The fraction of sp³-hybridized carbons (Fsp3) is 0.350. The molecule has 0 bridgehead atoms. The quantitative estimate of drug-likeness (QED) is 0.654. The average molecular weight is 381 g/mol. The zero-order valence-corrected chi connectivity index (χ0v) is 15.4. The first kappa shape index (κ1) is 16.9. The molecule has 0 spiro atoms. The molecular weight excluding hydrogens is 362 g/mol. The predicted molar refractivity (Wildman–Crippen MR) is 99.6 cm³/mol. The van der Waals surface area contributed by atoms with Gasteiger partial charge in [-0.2, -0.15) is 0 Å². The van der Waals surface area contributed by atoms with Crippen LogP contribution in [0.25, 0.3) is 22.3 Å². The highest BCUT2D eigenvalue weighted by Gasteiger charge is 2.29. The number of H-pyrrole nitrogens is 1. The minimum absolute atomic E-state index is 0.140. The average Bonchev–Trinajstić information content (AvgIpc) is 3.23. The Kier molecular flexibility index (Phi) is 4.03. The van der Waals surface area contributed by atoms with Gasteiger partial charge in [-0.05, 0) is 37.8 Å². The number of nitrogens with one attached hydrogen (secondary N) is 1. The Morgan fingerprint density at radius 1 is 1.29 bits per heavy atom. The molecule has 1 N–H and O–H groups in total. The molecule has 3 heterocycles. The van der Waals surface area contributed by atoms with Crippen LogP contribution in [0.5, 0.6) is 17.2 Å². The van der Waals surface area contributed by atoms with Gasteiger partial charge in [0.05, 0.1) is 24.3 Å². The molecule has 0 unspecified atom stereocenters. The van der Waals surface area contributed by atoms with E-state index in [0.29, 0.717) is 64.2 Å². The van der Waals surface area contributed by atoms with Gasteiger partial charge in [-0.3, -0.25) is 0 Å². The monoisotopic (exact) mass is 381 g/mol. The number of carbonyl (C=O) groups is 1. The summed E-state index contributed by atoms with van der Waals surface area (Å²) >= 11 is 0. The second-order valence-electron chi connectivity index (χ2n) is 6.80. The molecule has 0 atom stereocenters. The molecule has 3 aromatic rings. The molecule has 2 aromatic heterocycles. The number of rotatable bonds is 6. The molecule has 8 nitrogen and oxygen atoms in total. The first-order valence-electron chi connectivity index (χ1n) is 9.31. The highest BCUT2D eigenvalue weighted by Crippen LogP contribution is 2.48. The fourth-order valence-electron chi connectivity index (χ4n) is 3.28. The maximum absolute atomic E-state index is 12.2. The normalized spacial score (nSPS) is 15.0. The number of hydrogen-bond acceptors (Lipinski definition) is 7. The molecule has 0 saturated heterocycles. The molecule has 1 saturated carbocycles. The van der Waals surface area contributed by atoms with Crippen LogP contribution in [0.15, 0.2) is 24.7 Å². The summed E-state index contributed by atoms with van der Waals surface area (Å²) in [5.41, 5.74) is 2.76. The third kappa shape index (κ3) is 2.81. The third-order valence-corrected chi connectivity index (χ3v) is 4.87. The molecule has 2 aliphatic rings. The van der Waals surface area contributed by atoms with Crippen LogP contribution in [0.4, 0.5) is 0 Å². The van der Waals surface area contributed by atoms with Crippen LogP contribution in [0.2, 0.25) is 0 Å². The fourth-order valence-corrected chi connectivity index (χ4v) is 3.28. The van der Waals surface area contributed by atoms with Crippen molar-refractivity contribution in [1.29, 1.82) is 0 Å². The first-order chi connectivity index (χ1) is 13.8. The zero-order chi connectivity index (χ0) is 19.1. The van der Waals surface area contributed by atoms with Crippen LogP contribution in [0, 0.1) is 5.92 Å². The molecule has 1 aliphatic carbocycles. The molecule has 8 heteroatoms. The molecule has 144 valence electrons. The summed E-state index contributed by atoms with van der Waals surface area (Å²) in [6, 6.07) is 3.71. The number of esters is 1. The first-order valence-corrected chi connectivity index (χ1v) is 9.31. The van der Waals surface area contributed by atoms with E-state index < -0.39 is 5.97 Å². The van der Waals surface area contributed by atoms with Crippen molar-refractivity contribution in [3.8, 4) is 28.5 Å². The zero-order valence-electron chi connectivity index (χ0n) is 15.4. The van der Waals surface area contributed by atoms with Gasteiger partial charge in [0.25, 0.3) is 0 Å². The highest BCUT2D eigenvalue weighted by molar-refractivity contribution is 6.06. The van der Waals surface area contributed by atoms with E-state index in [9.17, 15) is 4.79 Å². The Hall–Kier alpha value is -3.29. The van der Waals surface area contributed by atoms with Gasteiger partial charge in [-0.15, -0.1) is 0 Å². The van der Waals surface area contributed by atoms with Gasteiger partial charge in [-0.25, -0.2) is 14.8 Å². The minimum Gasteiger partial charge on any atom is -0.492 e. The number of nitrogens with zero attached hydrogens (tertiary/aromatic N) is 2. The summed E-state index contributed by atoms with van der Waals surface area (Å²) < 4.78 is 22.5. The summed E-state index contributed by atoms with van der Waals surface area (Å²) in [7, 11) is 0. The topological polar surface area (TPSA) is 95.6 Å². The van der Waals surface area contributed by atoms with Crippen LogP contribution in [0.1, 0.15) is 30.1 Å². The Bertz CT molecular complexity index is 1060. The Labute approximate surface area is 160 Å². The molecule has 5 rings (SSSR count). The van der Waals surface area contributed by atoms with Crippen molar-refractivity contribution in [3.05, 3.63) is 30.2 Å². The smallest absolute Gasteiger partial charge is 0.341 e. The van der Waals surface area contributed by atoms with Crippen molar-refractivity contribution in [2.75, 3.05) is 20.0 Å². The Morgan fingerprint density at radius 2 is 2.18 bits per heavy atom. The van der Waals surface area contributed by atoms with E-state index in [1.807, 2.05) is 12.1 Å². The highest BCUT2D eigenvalue weighted by atomic mass is 16.7. The largest absolute Gasteiger partial charge is 0.492 e. The number of carbonyl (C=O) groups excluding carboxylic acids is 1. The van der Waals surface area contributed by atoms with Crippen LogP contribution >= 0.6 is 0 Å². The Morgan fingerprint density at radius 3 is 3.00 bits per heavy atom. The predicted octanol–water partition coefficient (Wildman–Crippen LogP) is 3.32. The lowest BCUT2D eigenvalue weighted by Crippen LogP contribution is -2.04.